The van der Waals surface area contributed by atoms with Crippen molar-refractivity contribution in [3.63, 3.8) is 0 Å². The number of hydrogen-bond acceptors (Lipinski definition) is 6. The van der Waals surface area contributed by atoms with Crippen molar-refractivity contribution in [2.24, 2.45) is 11.7 Å². The smallest absolute Gasteiger partial charge is 0.252 e. The van der Waals surface area contributed by atoms with Gasteiger partial charge in [-0.3, -0.25) is 14.6 Å². The third-order valence-corrected chi connectivity index (χ3v) is 4.46. The van der Waals surface area contributed by atoms with Gasteiger partial charge in [-0.1, -0.05) is 0 Å². The highest BCUT2D eigenvalue weighted by atomic mass is 16.5. The molecule has 8 heteroatoms. The fraction of sp³-hybridized carbons (Fsp3) is 0.429. The Morgan fingerprint density at radius 1 is 1.31 bits per heavy atom. The molecule has 0 aliphatic rings. The van der Waals surface area contributed by atoms with E-state index in [0.29, 0.717) is 41.8 Å². The number of nitrogens with two attached hydrogens (primary N) is 1. The molecule has 8 nitrogen and oxygen atoms in total. The maximum atomic E-state index is 12.7. The van der Waals surface area contributed by atoms with Crippen molar-refractivity contribution in [1.29, 1.82) is 5.26 Å². The number of benzene rings is 1. The molecule has 0 spiro atoms. The number of amides is 2. The minimum absolute atomic E-state index is 0.232. The SMILES string of the molecule is CNCCCC(C#N)CNC(=O)c1ccnc2ccc(OCCCC(N)=O)cc12. The molecule has 0 radical (unpaired) electrons. The Hall–Kier alpha value is -3.18. The van der Waals surface area contributed by atoms with Gasteiger partial charge in [0.2, 0.25) is 5.91 Å². The number of primary amides is 1. The monoisotopic (exact) mass is 397 g/mol. The van der Waals surface area contributed by atoms with Crippen LogP contribution in [0.4, 0.5) is 0 Å². The van der Waals surface area contributed by atoms with E-state index in [1.807, 2.05) is 7.05 Å². The van der Waals surface area contributed by atoms with Crippen LogP contribution in [-0.4, -0.2) is 43.5 Å². The van der Waals surface area contributed by atoms with Gasteiger partial charge >= 0.3 is 0 Å². The fourth-order valence-electron chi connectivity index (χ4n) is 2.90. The molecule has 1 aromatic carbocycles. The molecule has 2 rings (SSSR count). The van der Waals surface area contributed by atoms with Crippen LogP contribution in [0.2, 0.25) is 0 Å². The van der Waals surface area contributed by atoms with Gasteiger partial charge in [0.25, 0.3) is 5.91 Å². The van der Waals surface area contributed by atoms with Crippen LogP contribution in [0.3, 0.4) is 0 Å². The normalized spacial score (nSPS) is 11.6. The number of ether oxygens (including phenoxy) is 1. The second kappa shape index (κ2) is 11.6. The van der Waals surface area contributed by atoms with Crippen LogP contribution in [0.25, 0.3) is 10.9 Å². The van der Waals surface area contributed by atoms with Gasteiger partial charge in [-0.2, -0.15) is 5.26 Å². The lowest BCUT2D eigenvalue weighted by molar-refractivity contribution is -0.118. The summed E-state index contributed by atoms with van der Waals surface area (Å²) < 4.78 is 5.65. The number of nitrogens with zero attached hydrogens (tertiary/aromatic N) is 2. The summed E-state index contributed by atoms with van der Waals surface area (Å²) in [4.78, 5) is 27.8. The Kier molecular flexibility index (Phi) is 8.86. The van der Waals surface area contributed by atoms with E-state index >= 15 is 0 Å². The summed E-state index contributed by atoms with van der Waals surface area (Å²) in [6.45, 7) is 1.49. The molecule has 0 bridgehead atoms. The first-order chi connectivity index (χ1) is 14.0. The predicted molar refractivity (Wildman–Crippen MR) is 110 cm³/mol. The molecule has 1 unspecified atom stereocenters. The minimum Gasteiger partial charge on any atom is -0.494 e. The predicted octanol–water partition coefficient (Wildman–Crippen LogP) is 1.75. The number of hydrogen-bond donors (Lipinski definition) is 3. The average Bonchev–Trinajstić information content (AvgIpc) is 2.72. The number of nitriles is 1. The Labute approximate surface area is 170 Å². The van der Waals surface area contributed by atoms with E-state index in [9.17, 15) is 14.9 Å². The number of fused-ring (bicyclic) bond motifs is 1. The van der Waals surface area contributed by atoms with E-state index in [4.69, 9.17) is 10.5 Å². The zero-order valence-corrected chi connectivity index (χ0v) is 16.6. The van der Waals surface area contributed by atoms with Crippen LogP contribution in [0, 0.1) is 17.2 Å². The van der Waals surface area contributed by atoms with Crippen molar-refractivity contribution < 1.29 is 14.3 Å². The van der Waals surface area contributed by atoms with Crippen molar-refractivity contribution >= 4 is 22.7 Å². The standard InChI is InChI=1S/C21H27N5O3/c1-24-9-2-4-15(13-22)14-26-21(28)17-8-10-25-19-7-6-16(12-18(17)19)29-11-3-5-20(23)27/h6-8,10,12,15,24H,2-5,9,11,14H2,1H3,(H2,23,27)(H,26,28). The van der Waals surface area contributed by atoms with Gasteiger partial charge < -0.3 is 21.1 Å². The summed E-state index contributed by atoms with van der Waals surface area (Å²) >= 11 is 0. The lowest BCUT2D eigenvalue weighted by atomic mass is 10.0. The van der Waals surface area contributed by atoms with Crippen molar-refractivity contribution in [2.75, 3.05) is 26.7 Å². The first kappa shape index (κ1) is 22.1. The highest BCUT2D eigenvalue weighted by Gasteiger charge is 2.14. The molecule has 2 amide bonds. The van der Waals surface area contributed by atoms with E-state index in [1.165, 1.54) is 0 Å². The topological polar surface area (TPSA) is 130 Å². The van der Waals surface area contributed by atoms with E-state index < -0.39 is 0 Å². The molecule has 0 aliphatic carbocycles. The Morgan fingerprint density at radius 2 is 2.14 bits per heavy atom. The molecule has 0 fully saturated rings. The van der Waals surface area contributed by atoms with Gasteiger partial charge in [0, 0.05) is 24.5 Å². The zero-order chi connectivity index (χ0) is 21.1. The summed E-state index contributed by atoms with van der Waals surface area (Å²) in [6.07, 6.45) is 3.96. The summed E-state index contributed by atoms with van der Waals surface area (Å²) in [5.74, 6) is -0.260. The lowest BCUT2D eigenvalue weighted by Crippen LogP contribution is -2.29. The van der Waals surface area contributed by atoms with Crippen molar-refractivity contribution in [1.82, 2.24) is 15.6 Å². The molecule has 154 valence electrons. The van der Waals surface area contributed by atoms with Gasteiger partial charge in [0.05, 0.1) is 29.7 Å². The number of pyridine rings is 1. The summed E-state index contributed by atoms with van der Waals surface area (Å²) in [6, 6.07) is 9.21. The number of carbonyl (C=O) groups excluding carboxylic acids is 2. The van der Waals surface area contributed by atoms with Gasteiger partial charge in [0.15, 0.2) is 0 Å². The molecular weight excluding hydrogens is 370 g/mol. The Balaban J connectivity index is 2.04. The molecule has 0 saturated carbocycles. The van der Waals surface area contributed by atoms with Crippen LogP contribution < -0.4 is 21.1 Å². The molecular formula is C21H27N5O3. The van der Waals surface area contributed by atoms with Gasteiger partial charge in [-0.05, 0) is 57.1 Å². The van der Waals surface area contributed by atoms with Gasteiger partial charge in [-0.15, -0.1) is 0 Å². The molecule has 29 heavy (non-hydrogen) atoms. The van der Waals surface area contributed by atoms with Crippen LogP contribution in [0.5, 0.6) is 5.75 Å². The quantitative estimate of drug-likeness (QED) is 0.468. The summed E-state index contributed by atoms with van der Waals surface area (Å²) in [5.41, 5.74) is 6.27. The minimum atomic E-state index is -0.364. The number of rotatable bonds is 12. The van der Waals surface area contributed by atoms with Crippen LogP contribution >= 0.6 is 0 Å². The molecule has 2 aromatic rings. The van der Waals surface area contributed by atoms with E-state index in [-0.39, 0.29) is 24.2 Å². The Morgan fingerprint density at radius 3 is 2.86 bits per heavy atom. The molecule has 4 N–H and O–H groups in total. The van der Waals surface area contributed by atoms with Crippen LogP contribution in [0.15, 0.2) is 30.5 Å². The number of carbonyl (C=O) groups is 2. The van der Waals surface area contributed by atoms with E-state index in [2.05, 4.69) is 21.7 Å². The zero-order valence-electron chi connectivity index (χ0n) is 16.6. The van der Waals surface area contributed by atoms with Crippen molar-refractivity contribution in [3.05, 3.63) is 36.0 Å². The third kappa shape index (κ3) is 7.05. The third-order valence-electron chi connectivity index (χ3n) is 4.46. The molecule has 1 aromatic heterocycles. The van der Waals surface area contributed by atoms with Gasteiger partial charge in [0.1, 0.15) is 5.75 Å². The highest BCUT2D eigenvalue weighted by Crippen LogP contribution is 2.23. The van der Waals surface area contributed by atoms with Crippen molar-refractivity contribution in [3.8, 4) is 11.8 Å². The maximum Gasteiger partial charge on any atom is 0.252 e. The first-order valence-corrected chi connectivity index (χ1v) is 9.67. The largest absolute Gasteiger partial charge is 0.494 e. The van der Waals surface area contributed by atoms with E-state index in [1.54, 1.807) is 30.5 Å². The lowest BCUT2D eigenvalue weighted by Gasteiger charge is -2.12. The van der Waals surface area contributed by atoms with Crippen LogP contribution in [0.1, 0.15) is 36.0 Å². The average molecular weight is 397 g/mol. The van der Waals surface area contributed by atoms with Crippen molar-refractivity contribution in [2.45, 2.75) is 25.7 Å². The van der Waals surface area contributed by atoms with Crippen LogP contribution in [-0.2, 0) is 4.79 Å². The maximum absolute atomic E-state index is 12.7. The summed E-state index contributed by atoms with van der Waals surface area (Å²) in [7, 11) is 1.87. The molecule has 1 heterocycles. The van der Waals surface area contributed by atoms with E-state index in [0.717, 1.165) is 19.4 Å². The first-order valence-electron chi connectivity index (χ1n) is 9.67. The van der Waals surface area contributed by atoms with Gasteiger partial charge in [-0.25, -0.2) is 0 Å². The second-order valence-electron chi connectivity index (χ2n) is 6.74. The Bertz CT molecular complexity index is 878. The number of aromatic nitrogens is 1. The molecule has 0 saturated heterocycles. The molecule has 1 atom stereocenters. The summed E-state index contributed by atoms with van der Waals surface area (Å²) in [5, 5.41) is 15.8. The highest BCUT2D eigenvalue weighted by molar-refractivity contribution is 6.06. The second-order valence-corrected chi connectivity index (χ2v) is 6.74. The number of nitrogens with one attached hydrogen (secondary N) is 2. The molecule has 0 aliphatic heterocycles. The fourth-order valence-corrected chi connectivity index (χ4v) is 2.90.